The number of fused-ring (bicyclic) bond motifs is 3. The van der Waals surface area contributed by atoms with Gasteiger partial charge in [-0.3, -0.25) is 0 Å². The standard InChI is InChI=1S/C43H65NO14/c1-3-13-46-15-17-48-19-21-50-23-25-52-27-29-54-31-33-56-35-36-57-34-32-55-30-28-53-26-24-51-22-20-49-18-16-47-14-12-44(2)43(45)58-37-42-40-10-6-4-8-38(40)39-9-5-7-11-41(39)42/h1,4-11,42H,12-37H2,2H3. The van der Waals surface area contributed by atoms with Gasteiger partial charge in [-0.05, 0) is 22.3 Å². The van der Waals surface area contributed by atoms with Crippen LogP contribution in [0.2, 0.25) is 0 Å². The Bertz CT molecular complexity index is 1300. The average Bonchev–Trinajstić information content (AvgIpc) is 3.57. The number of hydrogen-bond donors (Lipinski definition) is 0. The molecule has 0 aromatic heterocycles. The molecule has 0 heterocycles. The van der Waals surface area contributed by atoms with Gasteiger partial charge in [0.1, 0.15) is 13.2 Å². The van der Waals surface area contributed by atoms with Crippen LogP contribution in [-0.4, -0.2) is 190 Å². The van der Waals surface area contributed by atoms with Gasteiger partial charge in [0.25, 0.3) is 0 Å². The number of rotatable bonds is 39. The Labute approximate surface area is 344 Å². The van der Waals surface area contributed by atoms with E-state index in [4.69, 9.17) is 68.0 Å². The number of ether oxygens (including phenoxy) is 13. The second-order valence-corrected chi connectivity index (χ2v) is 12.7. The van der Waals surface area contributed by atoms with Crippen LogP contribution >= 0.6 is 0 Å². The Morgan fingerprint density at radius 1 is 0.483 bits per heavy atom. The van der Waals surface area contributed by atoms with Crippen molar-refractivity contribution < 1.29 is 66.4 Å². The fraction of sp³-hybridized carbons (Fsp3) is 0.651. The average molecular weight is 820 g/mol. The normalized spacial score (nSPS) is 12.1. The Morgan fingerprint density at radius 3 is 1.10 bits per heavy atom. The van der Waals surface area contributed by atoms with Gasteiger partial charge in [0.05, 0.1) is 152 Å². The van der Waals surface area contributed by atoms with Gasteiger partial charge in [-0.1, -0.05) is 54.5 Å². The lowest BCUT2D eigenvalue weighted by Crippen LogP contribution is -2.32. The van der Waals surface area contributed by atoms with Crippen LogP contribution in [0.25, 0.3) is 11.1 Å². The lowest BCUT2D eigenvalue weighted by molar-refractivity contribution is -0.0282. The molecule has 1 aliphatic carbocycles. The highest BCUT2D eigenvalue weighted by Crippen LogP contribution is 2.44. The molecule has 0 saturated carbocycles. The number of amides is 1. The summed E-state index contributed by atoms with van der Waals surface area (Å²) in [7, 11) is 1.71. The van der Waals surface area contributed by atoms with Crippen LogP contribution < -0.4 is 0 Å². The second kappa shape index (κ2) is 34.6. The predicted octanol–water partition coefficient (Wildman–Crippen LogP) is 3.70. The molecule has 0 bridgehead atoms. The number of terminal acetylenes is 1. The van der Waals surface area contributed by atoms with Gasteiger partial charge in [-0.15, -0.1) is 6.42 Å². The third-order valence-electron chi connectivity index (χ3n) is 8.50. The number of carbonyl (C=O) groups is 1. The van der Waals surface area contributed by atoms with E-state index in [1.54, 1.807) is 7.05 Å². The number of carbonyl (C=O) groups excluding carboxylic acids is 1. The molecule has 2 aromatic rings. The molecule has 0 unspecified atom stereocenters. The third kappa shape index (κ3) is 22.8. The molecule has 0 atom stereocenters. The zero-order valence-corrected chi connectivity index (χ0v) is 34.3. The molecule has 3 rings (SSSR count). The van der Waals surface area contributed by atoms with Crippen molar-refractivity contribution >= 4 is 6.09 Å². The third-order valence-corrected chi connectivity index (χ3v) is 8.50. The number of hydrogen-bond acceptors (Lipinski definition) is 14. The van der Waals surface area contributed by atoms with E-state index in [9.17, 15) is 4.79 Å². The highest BCUT2D eigenvalue weighted by Gasteiger charge is 2.29. The van der Waals surface area contributed by atoms with Crippen molar-refractivity contribution in [1.82, 2.24) is 4.90 Å². The summed E-state index contributed by atoms with van der Waals surface area (Å²) < 4.78 is 71.2. The summed E-state index contributed by atoms with van der Waals surface area (Å²) in [6.07, 6.45) is 4.72. The van der Waals surface area contributed by atoms with Crippen molar-refractivity contribution in [1.29, 1.82) is 0 Å². The monoisotopic (exact) mass is 819 g/mol. The summed E-state index contributed by atoms with van der Waals surface area (Å²) in [4.78, 5) is 14.2. The molecule has 0 aliphatic heterocycles. The first kappa shape index (κ1) is 49.2. The minimum absolute atomic E-state index is 0.0359. The lowest BCUT2D eigenvalue weighted by atomic mass is 9.98. The Kier molecular flexibility index (Phi) is 29.4. The maximum atomic E-state index is 12.6. The molecular weight excluding hydrogens is 754 g/mol. The van der Waals surface area contributed by atoms with E-state index in [2.05, 4.69) is 30.2 Å². The van der Waals surface area contributed by atoms with E-state index in [1.165, 1.54) is 27.2 Å². The SMILES string of the molecule is C#CCOCCOCCOCCOCCOCCOCCOCCOCCOCCOCCOCCOCCN(C)C(=O)OCC1c2ccccc2-c2ccccc21. The first-order valence-electron chi connectivity index (χ1n) is 20.1. The Morgan fingerprint density at radius 2 is 0.776 bits per heavy atom. The van der Waals surface area contributed by atoms with Gasteiger partial charge in [0.15, 0.2) is 0 Å². The van der Waals surface area contributed by atoms with Crippen molar-refractivity contribution in [3.63, 3.8) is 0 Å². The fourth-order valence-corrected chi connectivity index (χ4v) is 5.55. The molecule has 0 radical (unpaired) electrons. The predicted molar refractivity (Wildman–Crippen MR) is 216 cm³/mol. The molecule has 1 aliphatic rings. The lowest BCUT2D eigenvalue weighted by Gasteiger charge is -2.19. The first-order chi connectivity index (χ1) is 28.7. The van der Waals surface area contributed by atoms with Crippen LogP contribution in [0.3, 0.4) is 0 Å². The zero-order valence-electron chi connectivity index (χ0n) is 34.3. The molecule has 0 saturated heterocycles. The van der Waals surface area contributed by atoms with E-state index in [-0.39, 0.29) is 12.0 Å². The van der Waals surface area contributed by atoms with Crippen molar-refractivity contribution in [3.05, 3.63) is 59.7 Å². The minimum Gasteiger partial charge on any atom is -0.448 e. The zero-order chi connectivity index (χ0) is 41.0. The van der Waals surface area contributed by atoms with Crippen LogP contribution in [-0.2, 0) is 61.6 Å². The summed E-state index contributed by atoms with van der Waals surface area (Å²) in [5.41, 5.74) is 4.79. The molecule has 326 valence electrons. The van der Waals surface area contributed by atoms with Crippen molar-refractivity contribution in [3.8, 4) is 23.5 Å². The summed E-state index contributed by atoms with van der Waals surface area (Å²) >= 11 is 0. The van der Waals surface area contributed by atoms with E-state index >= 15 is 0 Å². The van der Waals surface area contributed by atoms with E-state index in [0.29, 0.717) is 172 Å². The summed E-state index contributed by atoms with van der Waals surface area (Å²) in [6, 6.07) is 16.6. The summed E-state index contributed by atoms with van der Waals surface area (Å²) in [5.74, 6) is 2.43. The molecule has 2 aromatic carbocycles. The summed E-state index contributed by atoms with van der Waals surface area (Å²) in [5, 5.41) is 0. The molecule has 15 nitrogen and oxygen atoms in total. The van der Waals surface area contributed by atoms with E-state index in [1.807, 2.05) is 24.3 Å². The molecule has 0 fully saturated rings. The van der Waals surface area contributed by atoms with Gasteiger partial charge in [0, 0.05) is 19.5 Å². The first-order valence-corrected chi connectivity index (χ1v) is 20.1. The highest BCUT2D eigenvalue weighted by molar-refractivity contribution is 5.79. The molecule has 58 heavy (non-hydrogen) atoms. The maximum absolute atomic E-state index is 12.6. The van der Waals surface area contributed by atoms with Gasteiger partial charge >= 0.3 is 6.09 Å². The van der Waals surface area contributed by atoms with Crippen LogP contribution in [0, 0.1) is 12.3 Å². The molecule has 1 amide bonds. The van der Waals surface area contributed by atoms with Crippen molar-refractivity contribution in [2.24, 2.45) is 0 Å². The highest BCUT2D eigenvalue weighted by atomic mass is 16.6. The van der Waals surface area contributed by atoms with Crippen LogP contribution in [0.5, 0.6) is 0 Å². The smallest absolute Gasteiger partial charge is 0.409 e. The fourth-order valence-electron chi connectivity index (χ4n) is 5.55. The van der Waals surface area contributed by atoms with Crippen LogP contribution in [0.4, 0.5) is 4.79 Å². The Hall–Kier alpha value is -3.21. The molecule has 0 N–H and O–H groups in total. The molecular formula is C43H65NO14. The quantitative estimate of drug-likeness (QED) is 0.0716. The number of nitrogens with zero attached hydrogens (tertiary/aromatic N) is 1. The van der Waals surface area contributed by atoms with E-state index < -0.39 is 0 Å². The van der Waals surface area contributed by atoms with Gasteiger partial charge in [-0.25, -0.2) is 4.79 Å². The molecule has 15 heteroatoms. The minimum atomic E-state index is -0.366. The van der Waals surface area contributed by atoms with Gasteiger partial charge in [-0.2, -0.15) is 0 Å². The number of likely N-dealkylation sites (N-methyl/N-ethyl adjacent to an activating group) is 1. The Balaban J connectivity index is 0.951. The van der Waals surface area contributed by atoms with Gasteiger partial charge in [0.2, 0.25) is 0 Å². The maximum Gasteiger partial charge on any atom is 0.409 e. The van der Waals surface area contributed by atoms with Crippen LogP contribution in [0.1, 0.15) is 17.0 Å². The topological polar surface area (TPSA) is 140 Å². The summed E-state index contributed by atoms with van der Waals surface area (Å²) in [6.45, 7) is 12.1. The van der Waals surface area contributed by atoms with Crippen molar-refractivity contribution in [2.75, 3.05) is 179 Å². The van der Waals surface area contributed by atoms with E-state index in [0.717, 1.165) is 0 Å². The van der Waals surface area contributed by atoms with Gasteiger partial charge < -0.3 is 66.5 Å². The van der Waals surface area contributed by atoms with Crippen LogP contribution in [0.15, 0.2) is 48.5 Å². The van der Waals surface area contributed by atoms with Crippen molar-refractivity contribution in [2.45, 2.75) is 5.92 Å². The largest absolute Gasteiger partial charge is 0.448 e. The number of benzene rings is 2. The molecule has 0 spiro atoms. The second-order valence-electron chi connectivity index (χ2n) is 12.7.